The van der Waals surface area contributed by atoms with Gasteiger partial charge in [-0.3, -0.25) is 0 Å². The van der Waals surface area contributed by atoms with Crippen molar-refractivity contribution in [2.45, 2.75) is 103 Å². The number of benzene rings is 1. The standard InChI is InChI=1S/C18H30S2Si.C8H16S4.Ni/c1-5-10-21(11-6-2,12-7-3)18-9-8-15(4)13-16(18)17(20)14-19;1-5(2)11-7(9)8(10)12-6(3)4;/h8-9,13-14,19-20H,5-7,10-12H2,1-4H3;5-6,9-10H,1-4H3;/p-4/b17-14-;8-7-;. The minimum absolute atomic E-state index is 0. The van der Waals surface area contributed by atoms with E-state index in [-0.39, 0.29) is 16.5 Å². The molecular formula is C26H42NiS6Si-4. The van der Waals surface area contributed by atoms with E-state index in [1.54, 1.807) is 34.1 Å². The third-order valence-corrected chi connectivity index (χ3v) is 15.1. The quantitative estimate of drug-likeness (QED) is 0.166. The number of hydrogen-bond donors (Lipinski definition) is 0. The first-order valence-electron chi connectivity index (χ1n) is 12.0. The molecule has 0 amide bonds. The average Bonchev–Trinajstić information content (AvgIpc) is 2.73. The average molecular weight is 634 g/mol. The van der Waals surface area contributed by atoms with Gasteiger partial charge in [0.05, 0.1) is 8.07 Å². The number of hydrogen-bond acceptors (Lipinski definition) is 6. The summed E-state index contributed by atoms with van der Waals surface area (Å²) in [7, 11) is -1.47. The van der Waals surface area contributed by atoms with E-state index in [9.17, 15) is 0 Å². The summed E-state index contributed by atoms with van der Waals surface area (Å²) in [6.45, 7) is 17.6. The molecule has 0 N–H and O–H groups in total. The molecule has 0 bridgehead atoms. The predicted octanol–water partition coefficient (Wildman–Crippen LogP) is 8.76. The molecule has 0 heterocycles. The molecule has 0 fully saturated rings. The smallest absolute Gasteiger partial charge is 0.0874 e. The molecule has 0 atom stereocenters. The van der Waals surface area contributed by atoms with Crippen LogP contribution in [0, 0.1) is 6.92 Å². The van der Waals surface area contributed by atoms with Crippen molar-refractivity contribution in [3.63, 3.8) is 0 Å². The summed E-state index contributed by atoms with van der Waals surface area (Å²) in [5, 5.41) is 4.30. The van der Waals surface area contributed by atoms with Gasteiger partial charge < -0.3 is 50.5 Å². The molecule has 0 spiro atoms. The molecule has 8 heteroatoms. The number of rotatable bonds is 12. The van der Waals surface area contributed by atoms with Crippen LogP contribution >= 0.6 is 23.5 Å². The molecule has 0 saturated heterocycles. The van der Waals surface area contributed by atoms with Crippen LogP contribution in [0.5, 0.6) is 0 Å². The SMILES string of the molecule is CC(C)S/C([S-])=C(/[S-])SC(C)C.CCC[Si](CCC)(CCC)c1ccc(C)cc1/C([S-])=C/[S-].[Ni]. The maximum Gasteiger partial charge on any atom is 0.0874 e. The summed E-state index contributed by atoms with van der Waals surface area (Å²) in [5.41, 5.74) is 2.53. The molecule has 0 aliphatic rings. The van der Waals surface area contributed by atoms with Crippen LogP contribution in [-0.4, -0.2) is 18.6 Å². The molecule has 200 valence electrons. The zero-order chi connectivity index (χ0) is 25.6. The van der Waals surface area contributed by atoms with Gasteiger partial charge in [0.2, 0.25) is 0 Å². The summed E-state index contributed by atoms with van der Waals surface area (Å²) in [6.07, 6.45) is 3.80. The molecular weight excluding hydrogens is 591 g/mol. The minimum atomic E-state index is -1.47. The molecule has 0 aromatic heterocycles. The first-order valence-corrected chi connectivity index (χ1v) is 18.1. The van der Waals surface area contributed by atoms with Crippen LogP contribution in [0.2, 0.25) is 18.1 Å². The van der Waals surface area contributed by atoms with Crippen molar-refractivity contribution in [3.05, 3.63) is 43.2 Å². The van der Waals surface area contributed by atoms with Gasteiger partial charge in [0.1, 0.15) is 0 Å². The normalized spacial score (nSPS) is 12.7. The van der Waals surface area contributed by atoms with Crippen molar-refractivity contribution in [3.8, 4) is 0 Å². The Hall–Kier alpha value is 0.990. The largest absolute Gasteiger partial charge is 0.789 e. The van der Waals surface area contributed by atoms with E-state index in [1.807, 2.05) is 0 Å². The summed E-state index contributed by atoms with van der Waals surface area (Å²) >= 11 is 24.4. The molecule has 0 aliphatic heterocycles. The van der Waals surface area contributed by atoms with Crippen LogP contribution in [-0.2, 0) is 67.0 Å². The molecule has 0 unspecified atom stereocenters. The summed E-state index contributed by atoms with van der Waals surface area (Å²) in [4.78, 5) is 0.851. The molecule has 0 saturated carbocycles. The van der Waals surface area contributed by atoms with Crippen LogP contribution in [0.25, 0.3) is 4.91 Å². The molecule has 0 nitrogen and oxygen atoms in total. The van der Waals surface area contributed by atoms with Gasteiger partial charge in [-0.25, -0.2) is 5.41 Å². The van der Waals surface area contributed by atoms with Crippen molar-refractivity contribution < 1.29 is 16.5 Å². The maximum absolute atomic E-state index is 5.55. The van der Waals surface area contributed by atoms with Gasteiger partial charge in [-0.05, 0) is 12.5 Å². The van der Waals surface area contributed by atoms with E-state index in [0.717, 1.165) is 13.4 Å². The number of aryl methyl sites for hydroxylation is 1. The summed E-state index contributed by atoms with van der Waals surface area (Å²) in [6, 6.07) is 11.0. The fourth-order valence-electron chi connectivity index (χ4n) is 4.13. The van der Waals surface area contributed by atoms with Crippen LogP contribution < -0.4 is 5.19 Å². The van der Waals surface area contributed by atoms with Crippen molar-refractivity contribution in [1.29, 1.82) is 0 Å². The van der Waals surface area contributed by atoms with E-state index in [1.165, 1.54) is 48.5 Å². The Balaban J connectivity index is 0. The van der Waals surface area contributed by atoms with Gasteiger partial charge in [0.25, 0.3) is 0 Å². The van der Waals surface area contributed by atoms with Gasteiger partial charge in [-0.1, -0.05) is 115 Å². The molecule has 1 aromatic rings. The third-order valence-electron chi connectivity index (χ3n) is 5.16. The van der Waals surface area contributed by atoms with Crippen LogP contribution in [0.3, 0.4) is 0 Å². The van der Waals surface area contributed by atoms with E-state index >= 15 is 0 Å². The Labute approximate surface area is 253 Å². The van der Waals surface area contributed by atoms with Crippen LogP contribution in [0.15, 0.2) is 32.1 Å². The molecule has 34 heavy (non-hydrogen) atoms. The molecule has 0 radical (unpaired) electrons. The minimum Gasteiger partial charge on any atom is -0.789 e. The Morgan fingerprint density at radius 2 is 1.26 bits per heavy atom. The van der Waals surface area contributed by atoms with Gasteiger partial charge >= 0.3 is 0 Å². The van der Waals surface area contributed by atoms with Crippen molar-refractivity contribution in [2.24, 2.45) is 0 Å². The predicted molar refractivity (Wildman–Crippen MR) is 172 cm³/mol. The van der Waals surface area contributed by atoms with E-state index in [4.69, 9.17) is 50.5 Å². The first kappa shape index (κ1) is 37.1. The van der Waals surface area contributed by atoms with Crippen LogP contribution in [0.1, 0.15) is 78.9 Å². The Morgan fingerprint density at radius 1 is 0.853 bits per heavy atom. The molecule has 1 aromatic carbocycles. The number of thioether (sulfide) groups is 2. The fraction of sp³-hybridized carbons (Fsp3) is 0.615. The second-order valence-electron chi connectivity index (χ2n) is 8.97. The van der Waals surface area contributed by atoms with E-state index < -0.39 is 8.07 Å². The van der Waals surface area contributed by atoms with Gasteiger partial charge in [0, 0.05) is 27.0 Å². The van der Waals surface area contributed by atoms with Crippen LogP contribution in [0.4, 0.5) is 0 Å². The van der Waals surface area contributed by atoms with Crippen molar-refractivity contribution in [2.75, 3.05) is 0 Å². The molecule has 0 aliphatic carbocycles. The monoisotopic (exact) mass is 632 g/mol. The second-order valence-corrected chi connectivity index (χ2v) is 18.8. The third kappa shape index (κ3) is 13.5. The second kappa shape index (κ2) is 20.0. The zero-order valence-corrected chi connectivity index (χ0v) is 28.9. The first-order chi connectivity index (χ1) is 15.5. The summed E-state index contributed by atoms with van der Waals surface area (Å²) in [5.74, 6) is 0. The fourth-order valence-corrected chi connectivity index (χ4v) is 12.9. The Bertz CT molecular complexity index is 727. The van der Waals surface area contributed by atoms with E-state index in [0.29, 0.717) is 10.5 Å². The topological polar surface area (TPSA) is 0 Å². The van der Waals surface area contributed by atoms with Gasteiger partial charge in [-0.15, -0.1) is 0 Å². The van der Waals surface area contributed by atoms with Gasteiger partial charge in [-0.2, -0.15) is 36.9 Å². The summed E-state index contributed by atoms with van der Waals surface area (Å²) < 4.78 is 1.75. The maximum atomic E-state index is 5.55. The van der Waals surface area contributed by atoms with E-state index in [2.05, 4.69) is 73.6 Å². The Kier molecular flexibility index (Phi) is 21.9. The Morgan fingerprint density at radius 3 is 1.59 bits per heavy atom. The van der Waals surface area contributed by atoms with Gasteiger partial charge in [0.15, 0.2) is 0 Å². The van der Waals surface area contributed by atoms with Crippen molar-refractivity contribution in [1.82, 2.24) is 0 Å². The zero-order valence-electron chi connectivity index (χ0n) is 22.0. The van der Waals surface area contributed by atoms with Crippen molar-refractivity contribution >= 4 is 92.2 Å². The molecule has 1 rings (SSSR count).